The number of carbonyl (C=O) groups is 1. The Balaban J connectivity index is 1.90. The fourth-order valence-corrected chi connectivity index (χ4v) is 2.81. The summed E-state index contributed by atoms with van der Waals surface area (Å²) in [4.78, 5) is 13.6. The lowest BCUT2D eigenvalue weighted by atomic mass is 9.95. The van der Waals surface area contributed by atoms with E-state index in [0.717, 1.165) is 12.0 Å². The van der Waals surface area contributed by atoms with E-state index in [4.69, 9.17) is 0 Å². The third kappa shape index (κ3) is 1.91. The SMILES string of the molecule is CN1C(=O)c2ccccc2C1(O)CCc1ccccc1. The first-order chi connectivity index (χ1) is 9.63. The van der Waals surface area contributed by atoms with E-state index in [1.54, 1.807) is 13.1 Å². The second-order valence-corrected chi connectivity index (χ2v) is 5.21. The molecule has 102 valence electrons. The van der Waals surface area contributed by atoms with E-state index in [2.05, 4.69) is 0 Å². The third-order valence-electron chi connectivity index (χ3n) is 4.05. The van der Waals surface area contributed by atoms with Gasteiger partial charge < -0.3 is 10.0 Å². The summed E-state index contributed by atoms with van der Waals surface area (Å²) >= 11 is 0. The second kappa shape index (κ2) is 4.76. The van der Waals surface area contributed by atoms with Gasteiger partial charge >= 0.3 is 0 Å². The molecule has 0 spiro atoms. The Bertz CT molecular complexity index is 638. The highest BCUT2D eigenvalue weighted by Crippen LogP contribution is 2.39. The lowest BCUT2D eigenvalue weighted by Crippen LogP contribution is -2.41. The van der Waals surface area contributed by atoms with Gasteiger partial charge in [-0.15, -0.1) is 0 Å². The summed E-state index contributed by atoms with van der Waals surface area (Å²) in [6.45, 7) is 0. The predicted molar refractivity (Wildman–Crippen MR) is 77.2 cm³/mol. The monoisotopic (exact) mass is 267 g/mol. The van der Waals surface area contributed by atoms with Crippen molar-refractivity contribution in [3.05, 3.63) is 71.3 Å². The molecule has 3 nitrogen and oxygen atoms in total. The van der Waals surface area contributed by atoms with E-state index in [1.165, 1.54) is 4.90 Å². The van der Waals surface area contributed by atoms with Crippen molar-refractivity contribution in [2.45, 2.75) is 18.6 Å². The number of benzene rings is 2. The minimum absolute atomic E-state index is 0.115. The molecule has 1 aliphatic heterocycles. The van der Waals surface area contributed by atoms with Crippen LogP contribution in [-0.4, -0.2) is 23.0 Å². The number of fused-ring (bicyclic) bond motifs is 1. The number of amides is 1. The number of aliphatic hydroxyl groups is 1. The van der Waals surface area contributed by atoms with E-state index >= 15 is 0 Å². The fraction of sp³-hybridized carbons (Fsp3) is 0.235. The normalized spacial score (nSPS) is 21.1. The molecule has 0 radical (unpaired) electrons. The van der Waals surface area contributed by atoms with Crippen LogP contribution in [0.4, 0.5) is 0 Å². The van der Waals surface area contributed by atoms with Gasteiger partial charge in [-0.1, -0.05) is 48.5 Å². The molecule has 0 saturated heterocycles. The molecule has 2 aromatic carbocycles. The maximum atomic E-state index is 12.2. The number of hydrogen-bond donors (Lipinski definition) is 1. The van der Waals surface area contributed by atoms with Crippen molar-refractivity contribution >= 4 is 5.91 Å². The van der Waals surface area contributed by atoms with Crippen LogP contribution in [0.25, 0.3) is 0 Å². The van der Waals surface area contributed by atoms with Crippen LogP contribution in [0.2, 0.25) is 0 Å². The second-order valence-electron chi connectivity index (χ2n) is 5.21. The van der Waals surface area contributed by atoms with Crippen molar-refractivity contribution in [3.8, 4) is 0 Å². The molecule has 1 aliphatic rings. The molecule has 1 heterocycles. The molecule has 3 heteroatoms. The number of rotatable bonds is 3. The standard InChI is InChI=1S/C17H17NO2/c1-18-16(19)14-9-5-6-10-15(14)17(18,20)12-11-13-7-3-2-4-8-13/h2-10,20H,11-12H2,1H3. The topological polar surface area (TPSA) is 40.5 Å². The summed E-state index contributed by atoms with van der Waals surface area (Å²) in [5, 5.41) is 10.9. The first-order valence-electron chi connectivity index (χ1n) is 6.77. The van der Waals surface area contributed by atoms with E-state index < -0.39 is 5.72 Å². The van der Waals surface area contributed by atoms with Crippen molar-refractivity contribution in [1.29, 1.82) is 0 Å². The van der Waals surface area contributed by atoms with E-state index in [-0.39, 0.29) is 5.91 Å². The summed E-state index contributed by atoms with van der Waals surface area (Å²) in [7, 11) is 1.66. The van der Waals surface area contributed by atoms with Crippen LogP contribution in [0.1, 0.15) is 27.9 Å². The largest absolute Gasteiger partial charge is 0.367 e. The highest BCUT2D eigenvalue weighted by atomic mass is 16.3. The van der Waals surface area contributed by atoms with Crippen LogP contribution in [-0.2, 0) is 12.1 Å². The predicted octanol–water partition coefficient (Wildman–Crippen LogP) is 2.55. The molecule has 2 aromatic rings. The van der Waals surface area contributed by atoms with Gasteiger partial charge in [-0.25, -0.2) is 0 Å². The Labute approximate surface area is 118 Å². The number of aryl methyl sites for hydroxylation is 1. The number of carbonyl (C=O) groups excluding carboxylic acids is 1. The van der Waals surface area contributed by atoms with E-state index in [0.29, 0.717) is 17.5 Å². The third-order valence-corrected chi connectivity index (χ3v) is 4.05. The molecule has 3 rings (SSSR count). The highest BCUT2D eigenvalue weighted by Gasteiger charge is 2.45. The van der Waals surface area contributed by atoms with Crippen molar-refractivity contribution in [2.24, 2.45) is 0 Å². The first-order valence-corrected chi connectivity index (χ1v) is 6.77. The summed E-state index contributed by atoms with van der Waals surface area (Å²) in [6.07, 6.45) is 1.22. The maximum absolute atomic E-state index is 12.2. The Kier molecular flexibility index (Phi) is 3.07. The van der Waals surface area contributed by atoms with Crippen LogP contribution >= 0.6 is 0 Å². The molecule has 20 heavy (non-hydrogen) atoms. The minimum atomic E-state index is -1.20. The molecule has 0 fully saturated rings. The summed E-state index contributed by atoms with van der Waals surface area (Å²) in [5.74, 6) is -0.115. The van der Waals surface area contributed by atoms with Gasteiger partial charge in [-0.05, 0) is 18.1 Å². The van der Waals surface area contributed by atoms with Crippen LogP contribution in [0.15, 0.2) is 54.6 Å². The van der Waals surface area contributed by atoms with Gasteiger partial charge in [0, 0.05) is 24.6 Å². The van der Waals surface area contributed by atoms with Crippen molar-refractivity contribution in [1.82, 2.24) is 4.90 Å². The van der Waals surface area contributed by atoms with Gasteiger partial charge in [0.1, 0.15) is 0 Å². The molecule has 0 bridgehead atoms. The highest BCUT2D eigenvalue weighted by molar-refractivity contribution is 5.99. The summed E-state index contributed by atoms with van der Waals surface area (Å²) in [6, 6.07) is 17.3. The van der Waals surface area contributed by atoms with Crippen molar-refractivity contribution in [3.63, 3.8) is 0 Å². The minimum Gasteiger partial charge on any atom is -0.367 e. The maximum Gasteiger partial charge on any atom is 0.256 e. The number of hydrogen-bond acceptors (Lipinski definition) is 2. The molecule has 1 atom stereocenters. The smallest absolute Gasteiger partial charge is 0.256 e. The van der Waals surface area contributed by atoms with Crippen LogP contribution in [0.3, 0.4) is 0 Å². The van der Waals surface area contributed by atoms with Crippen LogP contribution in [0.5, 0.6) is 0 Å². The van der Waals surface area contributed by atoms with Gasteiger partial charge in [0.15, 0.2) is 5.72 Å². The average molecular weight is 267 g/mol. The molecule has 1 unspecified atom stereocenters. The zero-order valence-corrected chi connectivity index (χ0v) is 11.4. The van der Waals surface area contributed by atoms with Gasteiger partial charge in [0.25, 0.3) is 5.91 Å². The Morgan fingerprint density at radius 2 is 1.70 bits per heavy atom. The van der Waals surface area contributed by atoms with Crippen LogP contribution in [0, 0.1) is 0 Å². The average Bonchev–Trinajstić information content (AvgIpc) is 2.69. The van der Waals surface area contributed by atoms with Gasteiger partial charge in [0.2, 0.25) is 0 Å². The molecule has 0 aromatic heterocycles. The van der Waals surface area contributed by atoms with Gasteiger partial charge in [-0.3, -0.25) is 4.79 Å². The molecule has 1 amide bonds. The van der Waals surface area contributed by atoms with Gasteiger partial charge in [0.05, 0.1) is 0 Å². The quantitative estimate of drug-likeness (QED) is 0.928. The van der Waals surface area contributed by atoms with Crippen molar-refractivity contribution in [2.75, 3.05) is 7.05 Å². The summed E-state index contributed by atoms with van der Waals surface area (Å²) < 4.78 is 0. The zero-order valence-electron chi connectivity index (χ0n) is 11.4. The Morgan fingerprint density at radius 3 is 2.45 bits per heavy atom. The molecule has 0 saturated carbocycles. The molecular weight excluding hydrogens is 250 g/mol. The van der Waals surface area contributed by atoms with Crippen LogP contribution < -0.4 is 0 Å². The molecule has 0 aliphatic carbocycles. The fourth-order valence-electron chi connectivity index (χ4n) is 2.81. The lowest BCUT2D eigenvalue weighted by Gasteiger charge is -2.31. The lowest BCUT2D eigenvalue weighted by molar-refractivity contribution is -0.0781. The van der Waals surface area contributed by atoms with E-state index in [9.17, 15) is 9.90 Å². The number of nitrogens with zero attached hydrogens (tertiary/aromatic N) is 1. The Morgan fingerprint density at radius 1 is 1.05 bits per heavy atom. The zero-order chi connectivity index (χ0) is 14.2. The first kappa shape index (κ1) is 12.9. The summed E-state index contributed by atoms with van der Waals surface area (Å²) in [5.41, 5.74) is 1.27. The van der Waals surface area contributed by atoms with E-state index in [1.807, 2.05) is 48.5 Å². The molecule has 1 N–H and O–H groups in total. The molecular formula is C17H17NO2. The Hall–Kier alpha value is -2.13. The van der Waals surface area contributed by atoms with Gasteiger partial charge in [-0.2, -0.15) is 0 Å². The van der Waals surface area contributed by atoms with Crippen molar-refractivity contribution < 1.29 is 9.90 Å².